The molecular formula is C4H8N2O. The van der Waals surface area contributed by atoms with Gasteiger partial charge in [0.25, 0.3) is 0 Å². The maximum atomic E-state index is 8.48. The van der Waals surface area contributed by atoms with Gasteiger partial charge < -0.3 is 5.11 Å². The summed E-state index contributed by atoms with van der Waals surface area (Å²) in [4.78, 5) is 3.33. The summed E-state index contributed by atoms with van der Waals surface area (Å²) in [5.74, 6) is 2.18. The van der Waals surface area contributed by atoms with Gasteiger partial charge in [-0.05, 0) is 19.5 Å². The maximum absolute atomic E-state index is 8.48. The first-order valence-corrected chi connectivity index (χ1v) is 1.88. The molecule has 0 saturated heterocycles. The second-order valence-electron chi connectivity index (χ2n) is 0.950. The van der Waals surface area contributed by atoms with Crippen molar-refractivity contribution in [3.63, 3.8) is 0 Å². The number of aliphatic hydroxyl groups excluding tert-OH is 1. The second-order valence-corrected chi connectivity index (χ2v) is 0.950. The predicted molar refractivity (Wildman–Crippen MR) is 28.1 cm³/mol. The van der Waals surface area contributed by atoms with Crippen LogP contribution in [-0.2, 0) is 0 Å². The fourth-order valence-corrected chi connectivity index (χ4v) is 0.151. The fraction of sp³-hybridized carbons (Fsp3) is 0.500. The Morgan fingerprint density at radius 3 is 2.71 bits per heavy atom. The smallest absolute Gasteiger partial charge is 0.210 e. The molecule has 0 fully saturated rings. The van der Waals surface area contributed by atoms with Crippen molar-refractivity contribution in [2.45, 2.75) is 6.35 Å². The number of nitrogens with zero attached hydrogens (tertiary/aromatic N) is 1. The molecule has 40 valence electrons. The Balaban J connectivity index is 3.35. The lowest BCUT2D eigenvalue weighted by Crippen LogP contribution is -2.21. The van der Waals surface area contributed by atoms with E-state index in [2.05, 4.69) is 22.8 Å². The third-order valence-electron chi connectivity index (χ3n) is 0.472. The van der Waals surface area contributed by atoms with Crippen molar-refractivity contribution in [1.82, 2.24) is 5.32 Å². The normalized spacial score (nSPS) is 12.3. The van der Waals surface area contributed by atoms with Crippen molar-refractivity contribution in [2.24, 2.45) is 4.99 Å². The molecule has 0 aliphatic heterocycles. The zero-order valence-electron chi connectivity index (χ0n) is 4.18. The first-order valence-electron chi connectivity index (χ1n) is 1.88. The molecule has 0 aliphatic carbocycles. The van der Waals surface area contributed by atoms with Crippen LogP contribution in [0.5, 0.6) is 0 Å². The second kappa shape index (κ2) is 3.56. The van der Waals surface area contributed by atoms with Crippen molar-refractivity contribution in [2.75, 3.05) is 7.05 Å². The highest BCUT2D eigenvalue weighted by Crippen LogP contribution is 1.68. The van der Waals surface area contributed by atoms with Crippen LogP contribution < -0.4 is 5.32 Å². The standard InChI is InChI=1S/C4H8N2O/c1-3-6-4(7)5-2/h4-5,7H,1H2,2H3. The summed E-state index contributed by atoms with van der Waals surface area (Å²) in [5, 5.41) is 10.9. The highest BCUT2D eigenvalue weighted by atomic mass is 16.3. The van der Waals surface area contributed by atoms with Crippen LogP contribution in [0.2, 0.25) is 0 Å². The Kier molecular flexibility index (Phi) is 3.24. The Morgan fingerprint density at radius 1 is 2.00 bits per heavy atom. The molecule has 7 heavy (non-hydrogen) atoms. The van der Waals surface area contributed by atoms with Crippen LogP contribution in [-0.4, -0.2) is 24.4 Å². The minimum atomic E-state index is -0.850. The van der Waals surface area contributed by atoms with E-state index in [1.165, 1.54) is 0 Å². The monoisotopic (exact) mass is 100 g/mol. The molecule has 0 heterocycles. The van der Waals surface area contributed by atoms with E-state index in [1.54, 1.807) is 7.05 Å². The van der Waals surface area contributed by atoms with Gasteiger partial charge in [0, 0.05) is 0 Å². The van der Waals surface area contributed by atoms with Crippen molar-refractivity contribution >= 4 is 5.87 Å². The van der Waals surface area contributed by atoms with Gasteiger partial charge in [0.15, 0.2) is 0 Å². The van der Waals surface area contributed by atoms with E-state index in [9.17, 15) is 0 Å². The zero-order chi connectivity index (χ0) is 5.70. The Labute approximate surface area is 42.4 Å². The molecule has 0 saturated carbocycles. The summed E-state index contributed by atoms with van der Waals surface area (Å²) in [5.41, 5.74) is 0. The molecule has 0 bridgehead atoms. The lowest BCUT2D eigenvalue weighted by molar-refractivity contribution is 0.158. The van der Waals surface area contributed by atoms with Gasteiger partial charge >= 0.3 is 0 Å². The number of aliphatic hydroxyl groups is 1. The zero-order valence-corrected chi connectivity index (χ0v) is 4.18. The van der Waals surface area contributed by atoms with E-state index in [-0.39, 0.29) is 0 Å². The van der Waals surface area contributed by atoms with E-state index >= 15 is 0 Å². The summed E-state index contributed by atoms with van der Waals surface area (Å²) in [7, 11) is 1.59. The Morgan fingerprint density at radius 2 is 2.57 bits per heavy atom. The number of nitrogens with one attached hydrogen (secondary N) is 1. The van der Waals surface area contributed by atoms with Crippen LogP contribution >= 0.6 is 0 Å². The minimum absolute atomic E-state index is 0.850. The van der Waals surface area contributed by atoms with Crippen LogP contribution in [0, 0.1) is 0 Å². The third kappa shape index (κ3) is 3.19. The molecule has 0 rings (SSSR count). The van der Waals surface area contributed by atoms with E-state index < -0.39 is 6.35 Å². The molecule has 0 radical (unpaired) electrons. The van der Waals surface area contributed by atoms with Gasteiger partial charge in [-0.15, -0.1) is 0 Å². The highest BCUT2D eigenvalue weighted by Gasteiger charge is 1.86. The molecule has 0 aliphatic rings. The largest absolute Gasteiger partial charge is 0.359 e. The quantitative estimate of drug-likeness (QED) is 0.357. The van der Waals surface area contributed by atoms with E-state index in [1.807, 2.05) is 0 Å². The van der Waals surface area contributed by atoms with Gasteiger partial charge in [0.05, 0.1) is 0 Å². The van der Waals surface area contributed by atoms with Crippen molar-refractivity contribution in [3.8, 4) is 0 Å². The Hall–Kier alpha value is -0.630. The van der Waals surface area contributed by atoms with Crippen LogP contribution in [0.4, 0.5) is 0 Å². The molecule has 2 N–H and O–H groups in total. The first kappa shape index (κ1) is 6.37. The molecule has 1 unspecified atom stereocenters. The molecular weight excluding hydrogens is 92.1 g/mol. The number of hydrogen-bond acceptors (Lipinski definition) is 3. The lowest BCUT2D eigenvalue weighted by Gasteiger charge is -1.96. The predicted octanol–water partition coefficient (Wildman–Crippen LogP) is -0.663. The van der Waals surface area contributed by atoms with Crippen LogP contribution in [0.1, 0.15) is 0 Å². The molecule has 1 atom stereocenters. The van der Waals surface area contributed by atoms with E-state index in [0.29, 0.717) is 0 Å². The van der Waals surface area contributed by atoms with Crippen molar-refractivity contribution < 1.29 is 5.11 Å². The molecule has 3 heteroatoms. The molecule has 0 aromatic carbocycles. The average Bonchev–Trinajstić information content (AvgIpc) is 1.68. The van der Waals surface area contributed by atoms with Gasteiger partial charge in [-0.3, -0.25) is 5.32 Å². The van der Waals surface area contributed by atoms with E-state index in [0.717, 1.165) is 0 Å². The lowest BCUT2D eigenvalue weighted by atomic mass is 10.9. The summed E-state index contributed by atoms with van der Waals surface area (Å²) < 4.78 is 0. The third-order valence-corrected chi connectivity index (χ3v) is 0.472. The molecule has 3 nitrogen and oxygen atoms in total. The summed E-state index contributed by atoms with van der Waals surface area (Å²) in [6, 6.07) is 0. The molecule has 0 aromatic rings. The average molecular weight is 100 g/mol. The number of hydrogen-bond donors (Lipinski definition) is 2. The number of aliphatic imine (C=N–C) groups is 1. The Bertz CT molecular complexity index is 85.7. The van der Waals surface area contributed by atoms with Gasteiger partial charge in [-0.25, -0.2) is 0 Å². The summed E-state index contributed by atoms with van der Waals surface area (Å²) in [6.07, 6.45) is -0.850. The molecule has 0 aromatic heterocycles. The van der Waals surface area contributed by atoms with Crippen LogP contribution in [0.25, 0.3) is 0 Å². The SMILES string of the molecule is C=C=NC(O)NC. The minimum Gasteiger partial charge on any atom is -0.359 e. The van der Waals surface area contributed by atoms with Crippen LogP contribution in [0.15, 0.2) is 11.6 Å². The first-order chi connectivity index (χ1) is 3.31. The highest BCUT2D eigenvalue weighted by molar-refractivity contribution is 5.46. The molecule has 0 amide bonds. The van der Waals surface area contributed by atoms with Gasteiger partial charge in [0.1, 0.15) is 0 Å². The maximum Gasteiger partial charge on any atom is 0.210 e. The van der Waals surface area contributed by atoms with Gasteiger partial charge in [-0.2, -0.15) is 4.99 Å². The van der Waals surface area contributed by atoms with E-state index in [4.69, 9.17) is 5.11 Å². The summed E-state index contributed by atoms with van der Waals surface area (Å²) in [6.45, 7) is 3.16. The molecule has 0 spiro atoms. The van der Waals surface area contributed by atoms with Gasteiger partial charge in [-0.1, -0.05) is 0 Å². The topological polar surface area (TPSA) is 44.6 Å². The number of rotatable bonds is 2. The van der Waals surface area contributed by atoms with Gasteiger partial charge in [0.2, 0.25) is 6.35 Å². The van der Waals surface area contributed by atoms with Crippen LogP contribution in [0.3, 0.4) is 0 Å². The fourth-order valence-electron chi connectivity index (χ4n) is 0.151. The summed E-state index contributed by atoms with van der Waals surface area (Å²) >= 11 is 0. The van der Waals surface area contributed by atoms with Crippen molar-refractivity contribution in [1.29, 1.82) is 0 Å². The van der Waals surface area contributed by atoms with Crippen molar-refractivity contribution in [3.05, 3.63) is 6.58 Å².